The zero-order valence-corrected chi connectivity index (χ0v) is 15.6. The van der Waals surface area contributed by atoms with Gasteiger partial charge in [0.15, 0.2) is 5.16 Å². The van der Waals surface area contributed by atoms with Crippen molar-refractivity contribution >= 4 is 29.0 Å². The molecule has 27 heavy (non-hydrogen) atoms. The van der Waals surface area contributed by atoms with Crippen molar-refractivity contribution in [3.63, 3.8) is 0 Å². The van der Waals surface area contributed by atoms with Gasteiger partial charge in [-0.2, -0.15) is 0 Å². The van der Waals surface area contributed by atoms with Gasteiger partial charge in [0.05, 0.1) is 29.5 Å². The Balaban J connectivity index is 1.41. The van der Waals surface area contributed by atoms with E-state index in [1.165, 1.54) is 37.1 Å². The molecule has 4 rings (SSSR count). The van der Waals surface area contributed by atoms with Gasteiger partial charge in [-0.15, -0.1) is 10.2 Å². The summed E-state index contributed by atoms with van der Waals surface area (Å²) in [6, 6.07) is 4.55. The van der Waals surface area contributed by atoms with Crippen LogP contribution in [0.4, 0.5) is 11.4 Å². The summed E-state index contributed by atoms with van der Waals surface area (Å²) >= 11 is 1.36. The maximum Gasteiger partial charge on any atom is 0.273 e. The molecule has 2 fully saturated rings. The number of aromatic nitrogens is 3. The average Bonchev–Trinajstić information content (AvgIpc) is 3.58. The molecule has 2 saturated carbocycles. The molecule has 0 saturated heterocycles. The number of benzene rings is 1. The van der Waals surface area contributed by atoms with Crippen LogP contribution in [0.2, 0.25) is 0 Å². The smallest absolute Gasteiger partial charge is 0.273 e. The van der Waals surface area contributed by atoms with Crippen LogP contribution >= 0.6 is 11.8 Å². The van der Waals surface area contributed by atoms with Gasteiger partial charge in [0.2, 0.25) is 5.91 Å². The molecule has 2 aromatic rings. The van der Waals surface area contributed by atoms with Crippen molar-refractivity contribution in [2.24, 2.45) is 0 Å². The lowest BCUT2D eigenvalue weighted by Crippen LogP contribution is -2.15. The molecule has 2 aliphatic carbocycles. The topological polar surface area (TPSA) is 112 Å². The van der Waals surface area contributed by atoms with Gasteiger partial charge in [-0.1, -0.05) is 11.8 Å². The third-order valence-corrected chi connectivity index (χ3v) is 5.49. The lowest BCUT2D eigenvalue weighted by molar-refractivity contribution is -0.384. The molecule has 1 aromatic heterocycles. The number of nitro benzene ring substituents is 1. The van der Waals surface area contributed by atoms with Gasteiger partial charge in [0.25, 0.3) is 5.69 Å². The van der Waals surface area contributed by atoms with Crippen molar-refractivity contribution < 1.29 is 14.5 Å². The first-order chi connectivity index (χ1) is 13.1. The van der Waals surface area contributed by atoms with Crippen molar-refractivity contribution in [2.45, 2.75) is 42.8 Å². The van der Waals surface area contributed by atoms with Gasteiger partial charge in [-0.05, 0) is 31.7 Å². The highest BCUT2D eigenvalue weighted by Gasteiger charge is 2.36. The van der Waals surface area contributed by atoms with E-state index in [1.807, 2.05) is 0 Å². The summed E-state index contributed by atoms with van der Waals surface area (Å²) in [6.07, 6.45) is 4.60. The van der Waals surface area contributed by atoms with Crippen molar-refractivity contribution in [2.75, 3.05) is 18.2 Å². The van der Waals surface area contributed by atoms with E-state index in [2.05, 4.69) is 20.1 Å². The number of anilines is 1. The molecular weight excluding hydrogens is 370 g/mol. The Bertz CT molecular complexity index is 891. The van der Waals surface area contributed by atoms with Crippen LogP contribution in [-0.2, 0) is 4.79 Å². The summed E-state index contributed by atoms with van der Waals surface area (Å²) in [6.45, 7) is 0. The van der Waals surface area contributed by atoms with Crippen molar-refractivity contribution in [1.29, 1.82) is 0 Å². The van der Waals surface area contributed by atoms with E-state index in [4.69, 9.17) is 4.74 Å². The number of methoxy groups -OCH3 is 1. The van der Waals surface area contributed by atoms with Crippen LogP contribution in [0.3, 0.4) is 0 Å². The molecular formula is C17H19N5O4S. The first-order valence-corrected chi connectivity index (χ1v) is 9.75. The summed E-state index contributed by atoms with van der Waals surface area (Å²) in [5, 5.41) is 23.0. The lowest BCUT2D eigenvalue weighted by atomic mass is 10.2. The number of non-ortho nitro benzene ring substituents is 1. The molecule has 10 heteroatoms. The molecule has 0 unspecified atom stereocenters. The normalized spacial score (nSPS) is 16.2. The second-order valence-electron chi connectivity index (χ2n) is 6.69. The van der Waals surface area contributed by atoms with Crippen LogP contribution in [0.5, 0.6) is 5.75 Å². The second kappa shape index (κ2) is 7.18. The zero-order valence-electron chi connectivity index (χ0n) is 14.8. The van der Waals surface area contributed by atoms with E-state index in [9.17, 15) is 14.9 Å². The summed E-state index contributed by atoms with van der Waals surface area (Å²) in [7, 11) is 1.40. The predicted octanol–water partition coefficient (Wildman–Crippen LogP) is 3.14. The number of carbonyl (C=O) groups is 1. The van der Waals surface area contributed by atoms with Gasteiger partial charge >= 0.3 is 0 Å². The molecule has 0 spiro atoms. The molecule has 1 aromatic carbocycles. The molecule has 2 aliphatic rings. The standard InChI is InChI=1S/C17H19N5O4S/c1-26-14-8-12(22(24)25)6-7-13(14)18-15(23)9-27-17-20-19-16(10-2-3-10)21(17)11-4-5-11/h6-8,10-11H,2-5,9H2,1H3,(H,18,23). The molecule has 9 nitrogen and oxygen atoms in total. The Labute approximate surface area is 159 Å². The second-order valence-corrected chi connectivity index (χ2v) is 7.64. The third-order valence-electron chi connectivity index (χ3n) is 4.55. The van der Waals surface area contributed by atoms with Gasteiger partial charge < -0.3 is 14.6 Å². The molecule has 142 valence electrons. The third kappa shape index (κ3) is 3.90. The molecule has 1 N–H and O–H groups in total. The van der Waals surface area contributed by atoms with Crippen LogP contribution in [0.25, 0.3) is 0 Å². The fourth-order valence-corrected chi connectivity index (χ4v) is 3.71. The number of nitrogens with one attached hydrogen (secondary N) is 1. The Morgan fingerprint density at radius 2 is 2.15 bits per heavy atom. The number of nitro groups is 1. The number of ether oxygens (including phenoxy) is 1. The summed E-state index contributed by atoms with van der Waals surface area (Å²) in [5.41, 5.74) is 0.306. The van der Waals surface area contributed by atoms with E-state index in [0.717, 1.165) is 36.7 Å². The van der Waals surface area contributed by atoms with Gasteiger partial charge in [-0.25, -0.2) is 0 Å². The highest BCUT2D eigenvalue weighted by molar-refractivity contribution is 7.99. The lowest BCUT2D eigenvalue weighted by Gasteiger charge is -2.10. The first kappa shape index (κ1) is 17.8. The van der Waals surface area contributed by atoms with Crippen molar-refractivity contribution in [3.05, 3.63) is 34.1 Å². The Morgan fingerprint density at radius 3 is 2.78 bits per heavy atom. The molecule has 0 radical (unpaired) electrons. The number of nitrogens with zero attached hydrogens (tertiary/aromatic N) is 4. The van der Waals surface area contributed by atoms with E-state index >= 15 is 0 Å². The van der Waals surface area contributed by atoms with Crippen molar-refractivity contribution in [3.8, 4) is 5.75 Å². The van der Waals surface area contributed by atoms with E-state index in [0.29, 0.717) is 17.6 Å². The maximum atomic E-state index is 12.3. The van der Waals surface area contributed by atoms with Gasteiger partial charge in [-0.3, -0.25) is 14.9 Å². The fourth-order valence-electron chi connectivity index (χ4n) is 2.90. The zero-order chi connectivity index (χ0) is 19.0. The summed E-state index contributed by atoms with van der Waals surface area (Å²) in [4.78, 5) is 22.7. The highest BCUT2D eigenvalue weighted by Crippen LogP contribution is 2.46. The summed E-state index contributed by atoms with van der Waals surface area (Å²) < 4.78 is 7.34. The maximum absolute atomic E-state index is 12.3. The number of hydrogen-bond acceptors (Lipinski definition) is 7. The van der Waals surface area contributed by atoms with Crippen LogP contribution < -0.4 is 10.1 Å². The number of thioether (sulfide) groups is 1. The van der Waals surface area contributed by atoms with Crippen LogP contribution in [-0.4, -0.2) is 38.5 Å². The number of rotatable bonds is 8. The monoisotopic (exact) mass is 389 g/mol. The number of amides is 1. The predicted molar refractivity (Wildman–Crippen MR) is 99.3 cm³/mol. The van der Waals surface area contributed by atoms with Crippen LogP contribution in [0.15, 0.2) is 23.4 Å². The quantitative estimate of drug-likeness (QED) is 0.419. The summed E-state index contributed by atoms with van der Waals surface area (Å²) in [5.74, 6) is 1.77. The Hall–Kier alpha value is -2.62. The largest absolute Gasteiger partial charge is 0.494 e. The Kier molecular flexibility index (Phi) is 4.73. The minimum atomic E-state index is -0.508. The number of carbonyl (C=O) groups excluding carboxylic acids is 1. The van der Waals surface area contributed by atoms with Crippen molar-refractivity contribution in [1.82, 2.24) is 14.8 Å². The van der Waals surface area contributed by atoms with Gasteiger partial charge in [0.1, 0.15) is 11.6 Å². The van der Waals surface area contributed by atoms with Crippen LogP contribution in [0.1, 0.15) is 43.5 Å². The average molecular weight is 389 g/mol. The molecule has 0 atom stereocenters. The molecule has 0 aliphatic heterocycles. The highest BCUT2D eigenvalue weighted by atomic mass is 32.2. The number of hydrogen-bond donors (Lipinski definition) is 1. The SMILES string of the molecule is COc1cc([N+](=O)[O-])ccc1NC(=O)CSc1nnc(C2CC2)n1C1CC1. The molecule has 1 amide bonds. The van der Waals surface area contributed by atoms with E-state index in [-0.39, 0.29) is 23.1 Å². The van der Waals surface area contributed by atoms with E-state index < -0.39 is 4.92 Å². The van der Waals surface area contributed by atoms with Crippen LogP contribution in [0, 0.1) is 10.1 Å². The minimum Gasteiger partial charge on any atom is -0.494 e. The molecule has 0 bridgehead atoms. The first-order valence-electron chi connectivity index (χ1n) is 8.76. The van der Waals surface area contributed by atoms with Gasteiger partial charge in [0, 0.05) is 18.0 Å². The Morgan fingerprint density at radius 1 is 1.37 bits per heavy atom. The minimum absolute atomic E-state index is 0.0932. The fraction of sp³-hybridized carbons (Fsp3) is 0.471. The van der Waals surface area contributed by atoms with E-state index in [1.54, 1.807) is 0 Å². The molecule has 1 heterocycles.